The van der Waals surface area contributed by atoms with Gasteiger partial charge in [0.15, 0.2) is 23.3 Å². The van der Waals surface area contributed by atoms with Crippen LogP contribution < -0.4 is 4.52 Å². The Hall–Kier alpha value is -1.54. The molecule has 0 aliphatic carbocycles. The van der Waals surface area contributed by atoms with Crippen molar-refractivity contribution in [2.45, 2.75) is 25.7 Å². The van der Waals surface area contributed by atoms with E-state index in [-0.39, 0.29) is 0 Å². The van der Waals surface area contributed by atoms with E-state index in [0.29, 0.717) is 0 Å². The molecule has 1 unspecified atom stereocenters. The van der Waals surface area contributed by atoms with Crippen molar-refractivity contribution in [1.29, 1.82) is 0 Å². The topological polar surface area (TPSA) is 32.7 Å². The summed E-state index contributed by atoms with van der Waals surface area (Å²) in [6.45, 7) is 10.1. The van der Waals surface area contributed by atoms with Gasteiger partial charge in [-0.15, -0.1) is 0 Å². The highest BCUT2D eigenvalue weighted by atomic mass is 32.9. The van der Waals surface area contributed by atoms with Gasteiger partial charge in [0, 0.05) is 0 Å². The number of hydrogen-bond donors (Lipinski definition) is 1. The average molecular weight is 563 g/mol. The molecule has 0 saturated heterocycles. The van der Waals surface area contributed by atoms with E-state index in [9.17, 15) is 48.8 Å². The van der Waals surface area contributed by atoms with Crippen molar-refractivity contribution in [2.24, 2.45) is 0 Å². The molecule has 0 aliphatic rings. The van der Waals surface area contributed by atoms with Crippen LogP contribution in [0.15, 0.2) is 4.90 Å². The summed E-state index contributed by atoms with van der Waals surface area (Å²) in [4.78, 5) is 10.3. The minimum atomic E-state index is -4.98. The highest BCUT2D eigenvalue weighted by Gasteiger charge is 2.34. The SMILES string of the molecule is CCN(CC)CC.OP(=S)(Oc1c(F)c(F)c(F)c(F)c1F)Sc1c(F)c(F)c(F)c(F)c1F. The van der Waals surface area contributed by atoms with Crippen molar-refractivity contribution in [3.8, 4) is 5.75 Å². The van der Waals surface area contributed by atoms with E-state index in [1.807, 2.05) is 0 Å². The van der Waals surface area contributed by atoms with Gasteiger partial charge < -0.3 is 14.3 Å². The maximum atomic E-state index is 13.6. The molecule has 1 atom stereocenters. The lowest BCUT2D eigenvalue weighted by Crippen LogP contribution is -2.21. The first-order valence-electron chi connectivity index (χ1n) is 9.12. The van der Waals surface area contributed by atoms with Gasteiger partial charge >= 0.3 is 0 Å². The molecular formula is C18H16F10NO2PS2. The number of nitrogens with zero attached hydrogens (tertiary/aromatic N) is 1. The van der Waals surface area contributed by atoms with Gasteiger partial charge in [-0.25, -0.2) is 35.1 Å². The molecule has 0 aliphatic heterocycles. The van der Waals surface area contributed by atoms with Crippen LogP contribution in [0.1, 0.15) is 20.8 Å². The van der Waals surface area contributed by atoms with E-state index in [4.69, 9.17) is 0 Å². The highest BCUT2D eigenvalue weighted by Crippen LogP contribution is 2.61. The molecule has 3 nitrogen and oxygen atoms in total. The number of rotatable bonds is 7. The molecular weight excluding hydrogens is 547 g/mol. The van der Waals surface area contributed by atoms with Crippen LogP contribution in [0.3, 0.4) is 0 Å². The predicted octanol–water partition coefficient (Wildman–Crippen LogP) is 6.81. The Morgan fingerprint density at radius 2 is 0.941 bits per heavy atom. The van der Waals surface area contributed by atoms with Crippen molar-refractivity contribution in [2.75, 3.05) is 19.6 Å². The van der Waals surface area contributed by atoms with Gasteiger partial charge in [-0.2, -0.15) is 8.78 Å². The predicted molar refractivity (Wildman–Crippen MR) is 109 cm³/mol. The van der Waals surface area contributed by atoms with Gasteiger partial charge in [0.1, 0.15) is 0 Å². The lowest BCUT2D eigenvalue weighted by Gasteiger charge is -2.18. The molecule has 0 heterocycles. The monoisotopic (exact) mass is 563 g/mol. The quantitative estimate of drug-likeness (QED) is 0.173. The van der Waals surface area contributed by atoms with E-state index in [1.54, 1.807) is 0 Å². The Balaban J connectivity index is 0.000000718. The molecule has 2 rings (SSSR count). The van der Waals surface area contributed by atoms with Crippen LogP contribution in [0.5, 0.6) is 5.75 Å². The second-order valence-corrected chi connectivity index (χ2v) is 12.0. The zero-order valence-electron chi connectivity index (χ0n) is 17.5. The summed E-state index contributed by atoms with van der Waals surface area (Å²) in [6, 6.07) is 0. The molecule has 2 aromatic carbocycles. The van der Waals surface area contributed by atoms with Crippen LogP contribution in [0.2, 0.25) is 0 Å². The zero-order valence-corrected chi connectivity index (χ0v) is 20.0. The van der Waals surface area contributed by atoms with Crippen molar-refractivity contribution < 1.29 is 53.3 Å². The Labute approximate surface area is 196 Å². The molecule has 1 N–H and O–H groups in total. The number of halogens is 10. The first kappa shape index (κ1) is 30.5. The van der Waals surface area contributed by atoms with Crippen LogP contribution in [0.4, 0.5) is 43.9 Å². The third-order valence-electron chi connectivity index (χ3n) is 4.09. The summed E-state index contributed by atoms with van der Waals surface area (Å²) in [5, 5.41) is 0. The first-order chi connectivity index (χ1) is 15.6. The maximum Gasteiger partial charge on any atom is 0.300 e. The highest BCUT2D eigenvalue weighted by molar-refractivity contribution is 8.67. The van der Waals surface area contributed by atoms with Crippen molar-refractivity contribution in [3.63, 3.8) is 0 Å². The number of benzene rings is 2. The van der Waals surface area contributed by atoms with Crippen LogP contribution >= 0.6 is 17.1 Å². The first-order valence-corrected chi connectivity index (χ1v) is 13.2. The summed E-state index contributed by atoms with van der Waals surface area (Å²) in [6.07, 6.45) is 0. The van der Waals surface area contributed by atoms with E-state index in [1.165, 1.54) is 19.6 Å². The van der Waals surface area contributed by atoms with Gasteiger partial charge in [-0.1, -0.05) is 20.8 Å². The minimum absolute atomic E-state index is 0.745. The second-order valence-electron chi connectivity index (χ2n) is 6.07. The van der Waals surface area contributed by atoms with E-state index in [2.05, 4.69) is 42.0 Å². The summed E-state index contributed by atoms with van der Waals surface area (Å²) < 4.78 is 136. The fraction of sp³-hybridized carbons (Fsp3) is 0.333. The molecule has 0 radical (unpaired) electrons. The molecule has 192 valence electrons. The molecule has 2 aromatic rings. The summed E-state index contributed by atoms with van der Waals surface area (Å²) >= 11 is 3.50. The third kappa shape index (κ3) is 6.78. The Bertz CT molecular complexity index is 962. The van der Waals surface area contributed by atoms with Crippen LogP contribution in [-0.2, 0) is 11.8 Å². The van der Waals surface area contributed by atoms with Crippen molar-refractivity contribution in [3.05, 3.63) is 58.2 Å². The summed E-state index contributed by atoms with van der Waals surface area (Å²) in [5.74, 6) is -27.1. The standard InChI is InChI=1S/C12HF10O2PS2.C6H15N/c13-1-3(15)7(19)11(8(20)4(1)16)24-25(23,26)27-12-9(21)5(17)2(14)6(18)10(12)22;1-4-7(5-2)6-3/h(H,23,26);4-6H2,1-3H3. The van der Waals surface area contributed by atoms with Crippen molar-refractivity contribution in [1.82, 2.24) is 4.90 Å². The Morgan fingerprint density at radius 3 is 1.24 bits per heavy atom. The molecule has 0 fully saturated rings. The van der Waals surface area contributed by atoms with E-state index >= 15 is 0 Å². The molecule has 34 heavy (non-hydrogen) atoms. The fourth-order valence-corrected chi connectivity index (χ4v) is 5.65. The van der Waals surface area contributed by atoms with Gasteiger partial charge in [0.05, 0.1) is 4.90 Å². The molecule has 0 amide bonds. The van der Waals surface area contributed by atoms with E-state index in [0.717, 1.165) is 0 Å². The largest absolute Gasteiger partial charge is 0.430 e. The van der Waals surface area contributed by atoms with Gasteiger partial charge in [-0.3, -0.25) is 0 Å². The lowest BCUT2D eigenvalue weighted by atomic mass is 10.3. The maximum absolute atomic E-state index is 13.6. The van der Waals surface area contributed by atoms with Crippen molar-refractivity contribution >= 4 is 28.9 Å². The van der Waals surface area contributed by atoms with E-state index < -0.39 is 85.9 Å². The van der Waals surface area contributed by atoms with Gasteiger partial charge in [0.2, 0.25) is 40.7 Å². The smallest absolute Gasteiger partial charge is 0.300 e. The van der Waals surface area contributed by atoms with Crippen LogP contribution in [0, 0.1) is 58.2 Å². The van der Waals surface area contributed by atoms with Crippen LogP contribution in [-0.4, -0.2) is 29.4 Å². The summed E-state index contributed by atoms with van der Waals surface area (Å²) in [5.41, 5.74) is -4.98. The zero-order chi connectivity index (χ0) is 26.5. The normalized spacial score (nSPS) is 12.9. The Kier molecular flexibility index (Phi) is 11.1. The molecule has 0 bridgehead atoms. The Morgan fingerprint density at radius 1 is 0.647 bits per heavy atom. The molecule has 0 saturated carbocycles. The second kappa shape index (κ2) is 12.4. The molecule has 0 aromatic heterocycles. The van der Waals surface area contributed by atoms with Gasteiger partial charge in [-0.05, 0) is 42.8 Å². The molecule has 0 spiro atoms. The average Bonchev–Trinajstić information content (AvgIpc) is 2.81. The third-order valence-corrected chi connectivity index (χ3v) is 7.64. The summed E-state index contributed by atoms with van der Waals surface area (Å²) in [7, 11) is 0. The van der Waals surface area contributed by atoms with Crippen LogP contribution in [0.25, 0.3) is 0 Å². The lowest BCUT2D eigenvalue weighted by molar-refractivity contribution is 0.321. The molecule has 16 heteroatoms. The van der Waals surface area contributed by atoms with Gasteiger partial charge in [0.25, 0.3) is 5.69 Å². The fourth-order valence-electron chi connectivity index (χ4n) is 2.25. The minimum Gasteiger partial charge on any atom is -0.430 e. The number of hydrogen-bond acceptors (Lipinski definition) is 4.